The zero-order valence-corrected chi connectivity index (χ0v) is 14.2. The van der Waals surface area contributed by atoms with Gasteiger partial charge >= 0.3 is 12.1 Å². The predicted octanol–water partition coefficient (Wildman–Crippen LogP) is 1.88. The highest BCUT2D eigenvalue weighted by Crippen LogP contribution is 2.21. The summed E-state index contributed by atoms with van der Waals surface area (Å²) in [5, 5.41) is 0. The summed E-state index contributed by atoms with van der Waals surface area (Å²) in [7, 11) is 1.39. The van der Waals surface area contributed by atoms with Crippen LogP contribution in [0, 0.1) is 0 Å². The minimum atomic E-state index is -0.507. The quantitative estimate of drug-likeness (QED) is 0.729. The molecule has 0 N–H and O–H groups in total. The number of hydrogen-bond donors (Lipinski definition) is 0. The highest BCUT2D eigenvalue weighted by Gasteiger charge is 2.38. The van der Waals surface area contributed by atoms with Crippen LogP contribution in [0.25, 0.3) is 0 Å². The number of ether oxygens (including phenoxy) is 2. The standard InChI is InChI=1S/C15H28N2O4/c1-10-8-16(12(3)13(18)20-7)9-11(2)17(10)14(19)21-15(4,5)6/h10-12H,8-9H2,1-7H3/t10-,11+,12-/m1/s1. The summed E-state index contributed by atoms with van der Waals surface area (Å²) in [6.45, 7) is 12.6. The molecular weight excluding hydrogens is 272 g/mol. The van der Waals surface area contributed by atoms with E-state index in [2.05, 4.69) is 0 Å². The maximum absolute atomic E-state index is 12.3. The van der Waals surface area contributed by atoms with Crippen molar-refractivity contribution in [3.63, 3.8) is 0 Å². The Hall–Kier alpha value is -1.30. The molecular formula is C15H28N2O4. The van der Waals surface area contributed by atoms with Crippen molar-refractivity contribution in [3.05, 3.63) is 0 Å². The van der Waals surface area contributed by atoms with Crippen LogP contribution in [0.3, 0.4) is 0 Å². The average Bonchev–Trinajstić information content (AvgIpc) is 2.33. The van der Waals surface area contributed by atoms with E-state index in [0.717, 1.165) is 0 Å². The lowest BCUT2D eigenvalue weighted by atomic mass is 10.1. The number of esters is 1. The molecule has 1 aliphatic rings. The van der Waals surface area contributed by atoms with Crippen LogP contribution in [0.4, 0.5) is 4.79 Å². The molecule has 0 saturated carbocycles. The number of carbonyl (C=O) groups is 2. The normalized spacial score (nSPS) is 25.4. The van der Waals surface area contributed by atoms with Crippen molar-refractivity contribution in [2.24, 2.45) is 0 Å². The van der Waals surface area contributed by atoms with Gasteiger partial charge in [-0.2, -0.15) is 0 Å². The molecule has 1 heterocycles. The fraction of sp³-hybridized carbons (Fsp3) is 0.867. The summed E-state index contributed by atoms with van der Waals surface area (Å²) in [4.78, 5) is 27.8. The van der Waals surface area contributed by atoms with Gasteiger partial charge < -0.3 is 14.4 Å². The molecule has 0 spiro atoms. The molecule has 6 nitrogen and oxygen atoms in total. The van der Waals surface area contributed by atoms with Crippen molar-refractivity contribution in [2.75, 3.05) is 20.2 Å². The van der Waals surface area contributed by atoms with E-state index >= 15 is 0 Å². The van der Waals surface area contributed by atoms with Gasteiger partial charge in [0.15, 0.2) is 0 Å². The third-order valence-corrected chi connectivity index (χ3v) is 3.64. The Labute approximate surface area is 127 Å². The van der Waals surface area contributed by atoms with Crippen molar-refractivity contribution < 1.29 is 19.1 Å². The Morgan fingerprint density at radius 3 is 2.00 bits per heavy atom. The molecule has 1 rings (SSSR count). The molecule has 0 aromatic heterocycles. The van der Waals surface area contributed by atoms with Gasteiger partial charge in [0.05, 0.1) is 7.11 Å². The largest absolute Gasteiger partial charge is 0.468 e. The summed E-state index contributed by atoms with van der Waals surface area (Å²) in [6, 6.07) is -0.341. The Balaban J connectivity index is 2.74. The molecule has 0 aromatic rings. The Kier molecular flexibility index (Phi) is 5.61. The molecule has 1 fully saturated rings. The number of methoxy groups -OCH3 is 1. The van der Waals surface area contributed by atoms with Crippen LogP contribution in [0.15, 0.2) is 0 Å². The number of piperazine rings is 1. The van der Waals surface area contributed by atoms with E-state index in [1.54, 1.807) is 4.90 Å². The lowest BCUT2D eigenvalue weighted by Gasteiger charge is -2.45. The zero-order valence-electron chi connectivity index (χ0n) is 14.2. The number of amides is 1. The van der Waals surface area contributed by atoms with Gasteiger partial charge in [-0.1, -0.05) is 0 Å². The monoisotopic (exact) mass is 300 g/mol. The van der Waals surface area contributed by atoms with Crippen LogP contribution in [0.2, 0.25) is 0 Å². The first kappa shape index (κ1) is 17.8. The van der Waals surface area contributed by atoms with Crippen LogP contribution >= 0.6 is 0 Å². The SMILES string of the molecule is COC(=O)[C@@H](C)N1C[C@@H](C)N(C(=O)OC(C)(C)C)[C@@H](C)C1. The highest BCUT2D eigenvalue weighted by molar-refractivity contribution is 5.75. The van der Waals surface area contributed by atoms with Gasteiger partial charge in [-0.3, -0.25) is 9.69 Å². The lowest BCUT2D eigenvalue weighted by Crippen LogP contribution is -2.61. The van der Waals surface area contributed by atoms with Crippen molar-refractivity contribution in [1.82, 2.24) is 9.80 Å². The second-order valence-corrected chi connectivity index (χ2v) is 6.74. The fourth-order valence-electron chi connectivity index (χ4n) is 2.67. The van der Waals surface area contributed by atoms with Crippen LogP contribution in [-0.2, 0) is 14.3 Å². The summed E-state index contributed by atoms with van der Waals surface area (Å²) in [6.07, 6.45) is -0.298. The molecule has 21 heavy (non-hydrogen) atoms. The number of hydrogen-bond acceptors (Lipinski definition) is 5. The average molecular weight is 300 g/mol. The van der Waals surface area contributed by atoms with Gasteiger partial charge in [0.1, 0.15) is 11.6 Å². The minimum Gasteiger partial charge on any atom is -0.468 e. The van der Waals surface area contributed by atoms with Crippen molar-refractivity contribution in [1.29, 1.82) is 0 Å². The summed E-state index contributed by atoms with van der Waals surface area (Å²) in [5.41, 5.74) is -0.507. The van der Waals surface area contributed by atoms with Gasteiger partial charge in [-0.15, -0.1) is 0 Å². The summed E-state index contributed by atoms with van der Waals surface area (Å²) >= 11 is 0. The molecule has 1 amide bonds. The molecule has 0 unspecified atom stereocenters. The molecule has 0 aromatic carbocycles. The lowest BCUT2D eigenvalue weighted by molar-refractivity contribution is -0.147. The smallest absolute Gasteiger partial charge is 0.410 e. The maximum Gasteiger partial charge on any atom is 0.410 e. The van der Waals surface area contributed by atoms with E-state index in [1.165, 1.54) is 7.11 Å². The topological polar surface area (TPSA) is 59.1 Å². The second-order valence-electron chi connectivity index (χ2n) is 6.74. The Bertz CT molecular complexity index is 380. The first-order valence-corrected chi connectivity index (χ1v) is 7.40. The molecule has 0 radical (unpaired) electrons. The van der Waals surface area contributed by atoms with Crippen LogP contribution < -0.4 is 0 Å². The fourth-order valence-corrected chi connectivity index (χ4v) is 2.67. The Morgan fingerprint density at radius 2 is 1.62 bits per heavy atom. The van der Waals surface area contributed by atoms with E-state index in [1.807, 2.05) is 46.4 Å². The van der Waals surface area contributed by atoms with Crippen molar-refractivity contribution >= 4 is 12.1 Å². The van der Waals surface area contributed by atoms with E-state index in [0.29, 0.717) is 13.1 Å². The van der Waals surface area contributed by atoms with Gasteiger partial charge in [0.25, 0.3) is 0 Å². The predicted molar refractivity (Wildman–Crippen MR) is 80.0 cm³/mol. The number of rotatable bonds is 2. The summed E-state index contributed by atoms with van der Waals surface area (Å²) < 4.78 is 10.2. The zero-order chi connectivity index (χ0) is 16.4. The van der Waals surface area contributed by atoms with E-state index < -0.39 is 5.60 Å². The van der Waals surface area contributed by atoms with E-state index in [9.17, 15) is 9.59 Å². The number of carbonyl (C=O) groups excluding carboxylic acids is 2. The van der Waals surface area contributed by atoms with E-state index in [4.69, 9.17) is 9.47 Å². The molecule has 3 atom stereocenters. The maximum atomic E-state index is 12.3. The van der Waals surface area contributed by atoms with Gasteiger partial charge in [-0.25, -0.2) is 4.79 Å². The minimum absolute atomic E-state index is 0.0179. The van der Waals surface area contributed by atoms with Gasteiger partial charge in [-0.05, 0) is 41.5 Å². The first-order valence-electron chi connectivity index (χ1n) is 7.40. The second kappa shape index (κ2) is 6.64. The Morgan fingerprint density at radius 1 is 1.14 bits per heavy atom. The van der Waals surface area contributed by atoms with Crippen LogP contribution in [-0.4, -0.2) is 65.8 Å². The highest BCUT2D eigenvalue weighted by atomic mass is 16.6. The molecule has 0 bridgehead atoms. The first-order chi connectivity index (χ1) is 9.56. The molecule has 1 saturated heterocycles. The molecule has 0 aliphatic carbocycles. The molecule has 1 aliphatic heterocycles. The van der Waals surface area contributed by atoms with Gasteiger partial charge in [0, 0.05) is 25.2 Å². The summed E-state index contributed by atoms with van der Waals surface area (Å²) in [5.74, 6) is -0.250. The number of nitrogens with zero attached hydrogens (tertiary/aromatic N) is 2. The third-order valence-electron chi connectivity index (χ3n) is 3.64. The van der Waals surface area contributed by atoms with Crippen molar-refractivity contribution in [3.8, 4) is 0 Å². The molecule has 6 heteroatoms. The molecule has 122 valence electrons. The van der Waals surface area contributed by atoms with Crippen LogP contribution in [0.5, 0.6) is 0 Å². The van der Waals surface area contributed by atoms with Crippen LogP contribution in [0.1, 0.15) is 41.5 Å². The van der Waals surface area contributed by atoms with Gasteiger partial charge in [0.2, 0.25) is 0 Å². The third kappa shape index (κ3) is 4.59. The van der Waals surface area contributed by atoms with E-state index in [-0.39, 0.29) is 30.2 Å². The van der Waals surface area contributed by atoms with Crippen molar-refractivity contribution in [2.45, 2.75) is 65.3 Å².